The highest BCUT2D eigenvalue weighted by atomic mass is 32.1. The van der Waals surface area contributed by atoms with E-state index in [0.717, 1.165) is 63.6 Å². The Hall–Kier alpha value is -2.59. The second kappa shape index (κ2) is 8.98. The first kappa shape index (κ1) is 22.2. The molecule has 4 aromatic rings. The van der Waals surface area contributed by atoms with E-state index >= 15 is 0 Å². The van der Waals surface area contributed by atoms with Crippen LogP contribution in [0.5, 0.6) is 0 Å². The first-order valence-electron chi connectivity index (χ1n) is 11.5. The molecule has 33 heavy (non-hydrogen) atoms. The molecule has 8 nitrogen and oxygen atoms in total. The average molecular weight is 467 g/mol. The van der Waals surface area contributed by atoms with Gasteiger partial charge in [-0.15, -0.1) is 11.3 Å². The van der Waals surface area contributed by atoms with Gasteiger partial charge in [0.25, 0.3) is 0 Å². The van der Waals surface area contributed by atoms with E-state index in [0.29, 0.717) is 25.6 Å². The summed E-state index contributed by atoms with van der Waals surface area (Å²) in [6.07, 6.45) is 1.82. The molecule has 0 spiro atoms. The Morgan fingerprint density at radius 1 is 1.21 bits per heavy atom. The minimum Gasteiger partial charge on any atom is -0.383 e. The number of rotatable bonds is 7. The highest BCUT2D eigenvalue weighted by Crippen LogP contribution is 2.39. The first-order valence-corrected chi connectivity index (χ1v) is 12.3. The van der Waals surface area contributed by atoms with E-state index in [-0.39, 0.29) is 0 Å². The summed E-state index contributed by atoms with van der Waals surface area (Å²) in [6, 6.07) is 8.06. The lowest BCUT2D eigenvalue weighted by Gasteiger charge is -2.29. The number of fused-ring (bicyclic) bond motifs is 2. The van der Waals surface area contributed by atoms with E-state index in [9.17, 15) is 5.11 Å². The number of benzene rings is 1. The minimum atomic E-state index is -0.968. The number of likely N-dealkylation sites (N-methyl/N-ethyl adjacent to an activating group) is 1. The maximum atomic E-state index is 11.4. The standard InChI is InChI=1S/C24H30N6O2S/c1-4-29(5-2)15-24(3,31)20-13-19-21(33-20)23(30-9-11-32-12-10-30)27-22(26-19)16-7-6-8-18-17(16)14-25-28-18/h6-8,13-14,31H,4-5,9-12,15H2,1-3H3,(H,25,28). The Morgan fingerprint density at radius 3 is 2.76 bits per heavy atom. The quantitative estimate of drug-likeness (QED) is 0.430. The number of nitrogens with zero attached hydrogens (tertiary/aromatic N) is 5. The molecule has 1 aliphatic heterocycles. The van der Waals surface area contributed by atoms with Crippen LogP contribution in [0.4, 0.5) is 5.82 Å². The van der Waals surface area contributed by atoms with Crippen LogP contribution in [0.15, 0.2) is 30.5 Å². The summed E-state index contributed by atoms with van der Waals surface area (Å²) in [5.41, 5.74) is 1.80. The van der Waals surface area contributed by atoms with Crippen molar-refractivity contribution < 1.29 is 9.84 Å². The fourth-order valence-corrected chi connectivity index (χ4v) is 5.56. The number of aliphatic hydroxyl groups is 1. The van der Waals surface area contributed by atoms with E-state index in [1.807, 2.05) is 37.4 Å². The van der Waals surface area contributed by atoms with Gasteiger partial charge in [-0.3, -0.25) is 5.10 Å². The van der Waals surface area contributed by atoms with Gasteiger partial charge in [0.1, 0.15) is 5.60 Å². The topological polar surface area (TPSA) is 90.4 Å². The van der Waals surface area contributed by atoms with Crippen molar-refractivity contribution in [2.75, 3.05) is 50.8 Å². The number of morpholine rings is 1. The number of H-pyrrole nitrogens is 1. The zero-order chi connectivity index (χ0) is 23.0. The molecule has 1 fully saturated rings. The number of thiophene rings is 1. The molecule has 5 rings (SSSR count). The Kier molecular flexibility index (Phi) is 6.05. The molecular weight excluding hydrogens is 436 g/mol. The molecule has 1 aromatic carbocycles. The van der Waals surface area contributed by atoms with Gasteiger partial charge >= 0.3 is 0 Å². The number of hydrogen-bond acceptors (Lipinski definition) is 8. The molecule has 9 heteroatoms. The third kappa shape index (κ3) is 4.21. The summed E-state index contributed by atoms with van der Waals surface area (Å²) < 4.78 is 6.59. The fraction of sp³-hybridized carbons (Fsp3) is 0.458. The monoisotopic (exact) mass is 466 g/mol. The van der Waals surface area contributed by atoms with Crippen LogP contribution in [0.3, 0.4) is 0 Å². The summed E-state index contributed by atoms with van der Waals surface area (Å²) >= 11 is 1.59. The van der Waals surface area contributed by atoms with Gasteiger partial charge < -0.3 is 19.6 Å². The smallest absolute Gasteiger partial charge is 0.162 e. The van der Waals surface area contributed by atoms with Crippen molar-refractivity contribution in [1.82, 2.24) is 25.1 Å². The molecule has 174 valence electrons. The highest BCUT2D eigenvalue weighted by Gasteiger charge is 2.30. The average Bonchev–Trinajstić information content (AvgIpc) is 3.50. The van der Waals surface area contributed by atoms with Crippen molar-refractivity contribution in [1.29, 1.82) is 0 Å². The number of nitrogens with one attached hydrogen (secondary N) is 1. The molecule has 0 saturated carbocycles. The summed E-state index contributed by atoms with van der Waals surface area (Å²) in [6.45, 7) is 11.4. The molecule has 1 saturated heterocycles. The second-order valence-electron chi connectivity index (χ2n) is 8.67. The van der Waals surface area contributed by atoms with E-state index in [1.54, 1.807) is 11.3 Å². The molecular formula is C24H30N6O2S. The lowest BCUT2D eigenvalue weighted by atomic mass is 10.0. The van der Waals surface area contributed by atoms with Crippen LogP contribution in [0.1, 0.15) is 25.6 Å². The summed E-state index contributed by atoms with van der Waals surface area (Å²) in [4.78, 5) is 15.4. The molecule has 1 atom stereocenters. The Labute approximate surface area is 197 Å². The van der Waals surface area contributed by atoms with Gasteiger partial charge in [0.05, 0.1) is 35.1 Å². The summed E-state index contributed by atoms with van der Waals surface area (Å²) in [5.74, 6) is 1.58. The van der Waals surface area contributed by atoms with E-state index in [1.165, 1.54) is 0 Å². The first-order chi connectivity index (χ1) is 16.0. The zero-order valence-corrected chi connectivity index (χ0v) is 20.2. The molecule has 1 aliphatic rings. The lowest BCUT2D eigenvalue weighted by Crippen LogP contribution is -2.38. The normalized spacial score (nSPS) is 16.7. The number of ether oxygens (including phenoxy) is 1. The van der Waals surface area contributed by atoms with Gasteiger partial charge in [0, 0.05) is 35.5 Å². The van der Waals surface area contributed by atoms with Crippen LogP contribution in [0, 0.1) is 0 Å². The van der Waals surface area contributed by atoms with E-state index < -0.39 is 5.60 Å². The summed E-state index contributed by atoms with van der Waals surface area (Å²) in [5, 5.41) is 19.6. The van der Waals surface area contributed by atoms with Gasteiger partial charge in [0.2, 0.25) is 0 Å². The molecule has 0 aliphatic carbocycles. The van der Waals surface area contributed by atoms with Crippen LogP contribution in [0.25, 0.3) is 32.5 Å². The molecule has 2 N–H and O–H groups in total. The number of aromatic amines is 1. The van der Waals surface area contributed by atoms with Crippen molar-refractivity contribution in [2.45, 2.75) is 26.4 Å². The SMILES string of the molecule is CCN(CC)CC(C)(O)c1cc2nc(-c3cccc4[nH]ncc34)nc(N3CCOCC3)c2s1. The van der Waals surface area contributed by atoms with Gasteiger partial charge in [-0.05, 0) is 32.1 Å². The molecule has 0 bridgehead atoms. The van der Waals surface area contributed by atoms with Crippen molar-refractivity contribution in [2.24, 2.45) is 0 Å². The maximum Gasteiger partial charge on any atom is 0.162 e. The zero-order valence-electron chi connectivity index (χ0n) is 19.3. The number of aromatic nitrogens is 4. The van der Waals surface area contributed by atoms with Gasteiger partial charge in [-0.25, -0.2) is 9.97 Å². The van der Waals surface area contributed by atoms with Gasteiger partial charge in [-0.2, -0.15) is 5.10 Å². The largest absolute Gasteiger partial charge is 0.383 e. The third-order valence-corrected chi connectivity index (χ3v) is 7.72. The van der Waals surface area contributed by atoms with Crippen molar-refractivity contribution in [3.63, 3.8) is 0 Å². The molecule has 0 radical (unpaired) electrons. The lowest BCUT2D eigenvalue weighted by molar-refractivity contribution is 0.0221. The van der Waals surface area contributed by atoms with Crippen LogP contribution in [-0.4, -0.2) is 76.1 Å². The van der Waals surface area contributed by atoms with Crippen LogP contribution < -0.4 is 4.90 Å². The van der Waals surface area contributed by atoms with Crippen molar-refractivity contribution in [3.8, 4) is 11.4 Å². The van der Waals surface area contributed by atoms with Crippen LogP contribution in [-0.2, 0) is 10.3 Å². The molecule has 3 aromatic heterocycles. The summed E-state index contributed by atoms with van der Waals surface area (Å²) in [7, 11) is 0. The molecule has 4 heterocycles. The minimum absolute atomic E-state index is 0.578. The Morgan fingerprint density at radius 2 is 2.00 bits per heavy atom. The Balaban J connectivity index is 1.65. The van der Waals surface area contributed by atoms with E-state index in [2.05, 4.69) is 33.8 Å². The number of hydrogen-bond donors (Lipinski definition) is 2. The van der Waals surface area contributed by atoms with Crippen molar-refractivity contribution >= 4 is 38.3 Å². The van der Waals surface area contributed by atoms with Gasteiger partial charge in [-0.1, -0.05) is 26.0 Å². The number of anilines is 1. The third-order valence-electron chi connectivity index (χ3n) is 6.35. The maximum absolute atomic E-state index is 11.4. The molecule has 1 unspecified atom stereocenters. The fourth-order valence-electron chi connectivity index (χ4n) is 4.41. The van der Waals surface area contributed by atoms with Gasteiger partial charge in [0.15, 0.2) is 11.6 Å². The second-order valence-corrected chi connectivity index (χ2v) is 9.72. The Bertz CT molecular complexity index is 1260. The van der Waals surface area contributed by atoms with Crippen molar-refractivity contribution in [3.05, 3.63) is 35.3 Å². The van der Waals surface area contributed by atoms with Crippen LogP contribution in [0.2, 0.25) is 0 Å². The molecule has 0 amide bonds. The predicted octanol–water partition coefficient (Wildman–Crippen LogP) is 3.62. The highest BCUT2D eigenvalue weighted by molar-refractivity contribution is 7.19. The predicted molar refractivity (Wildman–Crippen MR) is 133 cm³/mol. The van der Waals surface area contributed by atoms with Crippen LogP contribution >= 0.6 is 11.3 Å². The van der Waals surface area contributed by atoms with E-state index in [4.69, 9.17) is 14.7 Å².